The molecule has 1 heterocycles. The van der Waals surface area contributed by atoms with E-state index in [0.717, 1.165) is 18.2 Å². The monoisotopic (exact) mass is 195 g/mol. The van der Waals surface area contributed by atoms with Gasteiger partial charge in [-0.05, 0) is 18.9 Å². The van der Waals surface area contributed by atoms with Crippen molar-refractivity contribution in [2.75, 3.05) is 0 Å². The Kier molecular flexibility index (Phi) is 4.14. The summed E-state index contributed by atoms with van der Waals surface area (Å²) in [4.78, 5) is 0. The number of nitrogens with zero attached hydrogens (tertiary/aromatic N) is 2. The molecule has 0 saturated carbocycles. The highest BCUT2D eigenvalue weighted by Gasteiger charge is 2.09. The van der Waals surface area contributed by atoms with E-state index >= 15 is 0 Å². The highest BCUT2D eigenvalue weighted by molar-refractivity contribution is 4.98. The van der Waals surface area contributed by atoms with Gasteiger partial charge in [-0.15, -0.1) is 0 Å². The van der Waals surface area contributed by atoms with Gasteiger partial charge in [0.2, 0.25) is 0 Å². The Hall–Kier alpha value is -0.830. The third kappa shape index (κ3) is 3.14. The van der Waals surface area contributed by atoms with Crippen LogP contribution in [-0.2, 0) is 13.6 Å². The molecule has 0 spiro atoms. The molecule has 3 heteroatoms. The van der Waals surface area contributed by atoms with Gasteiger partial charge in [-0.1, -0.05) is 20.3 Å². The molecule has 2 atom stereocenters. The second kappa shape index (κ2) is 5.15. The van der Waals surface area contributed by atoms with Gasteiger partial charge in [0.1, 0.15) is 0 Å². The molecule has 3 nitrogen and oxygen atoms in total. The quantitative estimate of drug-likeness (QED) is 0.778. The van der Waals surface area contributed by atoms with E-state index < -0.39 is 0 Å². The van der Waals surface area contributed by atoms with Crippen molar-refractivity contribution in [1.29, 1.82) is 0 Å². The molecule has 0 aromatic carbocycles. The first-order chi connectivity index (χ1) is 6.63. The fraction of sp³-hybridized carbons (Fsp3) is 0.727. The van der Waals surface area contributed by atoms with Crippen LogP contribution in [0.4, 0.5) is 0 Å². The maximum Gasteiger partial charge on any atom is 0.0762 e. The predicted molar refractivity (Wildman–Crippen MR) is 59.0 cm³/mol. The van der Waals surface area contributed by atoms with Gasteiger partial charge in [0, 0.05) is 25.8 Å². The third-order valence-corrected chi connectivity index (χ3v) is 2.87. The maximum atomic E-state index is 4.32. The van der Waals surface area contributed by atoms with E-state index in [1.54, 1.807) is 0 Å². The molecule has 80 valence electrons. The van der Waals surface area contributed by atoms with Crippen molar-refractivity contribution in [3.8, 4) is 0 Å². The zero-order chi connectivity index (χ0) is 10.6. The SMILES string of the molecule is CCC(C)C(C)NCc1ccn(C)n1. The van der Waals surface area contributed by atoms with Crippen LogP contribution in [0.3, 0.4) is 0 Å². The molecule has 0 radical (unpaired) electrons. The normalized spacial score (nSPS) is 15.4. The summed E-state index contributed by atoms with van der Waals surface area (Å²) in [7, 11) is 1.95. The lowest BCUT2D eigenvalue weighted by molar-refractivity contribution is 0.387. The Morgan fingerprint density at radius 1 is 1.50 bits per heavy atom. The van der Waals surface area contributed by atoms with Crippen LogP contribution in [0.15, 0.2) is 12.3 Å². The lowest BCUT2D eigenvalue weighted by Crippen LogP contribution is -2.31. The molecule has 14 heavy (non-hydrogen) atoms. The van der Waals surface area contributed by atoms with E-state index in [-0.39, 0.29) is 0 Å². The summed E-state index contributed by atoms with van der Waals surface area (Å²) >= 11 is 0. The molecule has 0 saturated heterocycles. The summed E-state index contributed by atoms with van der Waals surface area (Å²) in [5.74, 6) is 0.721. The summed E-state index contributed by atoms with van der Waals surface area (Å²) in [6.45, 7) is 7.60. The number of hydrogen-bond donors (Lipinski definition) is 1. The predicted octanol–water partition coefficient (Wildman–Crippen LogP) is 1.94. The van der Waals surface area contributed by atoms with E-state index in [1.165, 1.54) is 6.42 Å². The summed E-state index contributed by atoms with van der Waals surface area (Å²) in [5.41, 5.74) is 1.11. The van der Waals surface area contributed by atoms with Crippen LogP contribution in [0.1, 0.15) is 32.9 Å². The average Bonchev–Trinajstić information content (AvgIpc) is 2.59. The Bertz CT molecular complexity index is 267. The molecule has 0 aliphatic rings. The fourth-order valence-electron chi connectivity index (χ4n) is 1.38. The van der Waals surface area contributed by atoms with Crippen LogP contribution >= 0.6 is 0 Å². The fourth-order valence-corrected chi connectivity index (χ4v) is 1.38. The first-order valence-electron chi connectivity index (χ1n) is 5.35. The van der Waals surface area contributed by atoms with Crippen molar-refractivity contribution in [2.45, 2.75) is 39.8 Å². The largest absolute Gasteiger partial charge is 0.308 e. The molecular weight excluding hydrogens is 174 g/mol. The minimum absolute atomic E-state index is 0.557. The van der Waals surface area contributed by atoms with Crippen molar-refractivity contribution in [3.05, 3.63) is 18.0 Å². The molecule has 2 unspecified atom stereocenters. The summed E-state index contributed by atoms with van der Waals surface area (Å²) in [6, 6.07) is 2.61. The van der Waals surface area contributed by atoms with Gasteiger partial charge >= 0.3 is 0 Å². The number of aromatic nitrogens is 2. The van der Waals surface area contributed by atoms with Gasteiger partial charge in [0.15, 0.2) is 0 Å². The van der Waals surface area contributed by atoms with Crippen molar-refractivity contribution in [2.24, 2.45) is 13.0 Å². The van der Waals surface area contributed by atoms with Gasteiger partial charge in [-0.3, -0.25) is 4.68 Å². The molecule has 1 aromatic heterocycles. The Morgan fingerprint density at radius 3 is 2.71 bits per heavy atom. The van der Waals surface area contributed by atoms with E-state index in [9.17, 15) is 0 Å². The molecular formula is C11H21N3. The van der Waals surface area contributed by atoms with Crippen LogP contribution in [0.5, 0.6) is 0 Å². The minimum atomic E-state index is 0.557. The van der Waals surface area contributed by atoms with Crippen molar-refractivity contribution in [1.82, 2.24) is 15.1 Å². The summed E-state index contributed by atoms with van der Waals surface area (Å²) in [6.07, 6.45) is 3.20. The molecule has 0 bridgehead atoms. The second-order valence-corrected chi connectivity index (χ2v) is 4.04. The number of rotatable bonds is 5. The van der Waals surface area contributed by atoms with E-state index in [0.29, 0.717) is 6.04 Å². The molecule has 0 amide bonds. The summed E-state index contributed by atoms with van der Waals surface area (Å²) in [5, 5.41) is 7.81. The van der Waals surface area contributed by atoms with E-state index in [2.05, 4.69) is 37.3 Å². The standard InChI is InChI=1S/C11H21N3/c1-5-9(2)10(3)12-8-11-6-7-14(4)13-11/h6-7,9-10,12H,5,8H2,1-4H3. The number of hydrogen-bond acceptors (Lipinski definition) is 2. The van der Waals surface area contributed by atoms with Gasteiger partial charge in [0.05, 0.1) is 5.69 Å². The lowest BCUT2D eigenvalue weighted by Gasteiger charge is -2.19. The molecule has 1 aromatic rings. The Balaban J connectivity index is 2.33. The number of nitrogens with one attached hydrogen (secondary N) is 1. The molecule has 1 rings (SSSR count). The van der Waals surface area contributed by atoms with Crippen molar-refractivity contribution >= 4 is 0 Å². The first kappa shape index (κ1) is 11.2. The topological polar surface area (TPSA) is 29.9 Å². The third-order valence-electron chi connectivity index (χ3n) is 2.87. The van der Waals surface area contributed by atoms with Crippen LogP contribution in [0.25, 0.3) is 0 Å². The highest BCUT2D eigenvalue weighted by Crippen LogP contribution is 2.07. The second-order valence-electron chi connectivity index (χ2n) is 4.04. The average molecular weight is 195 g/mol. The smallest absolute Gasteiger partial charge is 0.0762 e. The van der Waals surface area contributed by atoms with Crippen LogP contribution in [0, 0.1) is 5.92 Å². The first-order valence-corrected chi connectivity index (χ1v) is 5.35. The molecule has 0 aliphatic heterocycles. The molecule has 0 aliphatic carbocycles. The zero-order valence-corrected chi connectivity index (χ0v) is 9.62. The van der Waals surface area contributed by atoms with Crippen LogP contribution in [0.2, 0.25) is 0 Å². The van der Waals surface area contributed by atoms with Gasteiger partial charge in [-0.2, -0.15) is 5.10 Å². The Labute approximate surface area is 86.5 Å². The zero-order valence-electron chi connectivity index (χ0n) is 9.62. The molecule has 0 fully saturated rings. The van der Waals surface area contributed by atoms with Crippen molar-refractivity contribution in [3.63, 3.8) is 0 Å². The molecule has 1 N–H and O–H groups in total. The highest BCUT2D eigenvalue weighted by atomic mass is 15.3. The van der Waals surface area contributed by atoms with Gasteiger partial charge in [0.25, 0.3) is 0 Å². The van der Waals surface area contributed by atoms with Crippen molar-refractivity contribution < 1.29 is 0 Å². The number of aryl methyl sites for hydroxylation is 1. The maximum absolute atomic E-state index is 4.32. The van der Waals surface area contributed by atoms with Crippen LogP contribution in [-0.4, -0.2) is 15.8 Å². The van der Waals surface area contributed by atoms with Crippen LogP contribution < -0.4 is 5.32 Å². The van der Waals surface area contributed by atoms with E-state index in [4.69, 9.17) is 0 Å². The van der Waals surface area contributed by atoms with E-state index in [1.807, 2.05) is 17.9 Å². The van der Waals surface area contributed by atoms with Gasteiger partial charge < -0.3 is 5.32 Å². The lowest BCUT2D eigenvalue weighted by atomic mass is 10.0. The summed E-state index contributed by atoms with van der Waals surface area (Å²) < 4.78 is 1.84. The van der Waals surface area contributed by atoms with Gasteiger partial charge in [-0.25, -0.2) is 0 Å². The minimum Gasteiger partial charge on any atom is -0.308 e. The Morgan fingerprint density at radius 2 is 2.21 bits per heavy atom.